The second-order valence-corrected chi connectivity index (χ2v) is 0. The summed E-state index contributed by atoms with van der Waals surface area (Å²) in [5.41, 5.74) is 0. The molecule has 37 heavy (non-hydrogen) atoms. The summed E-state index contributed by atoms with van der Waals surface area (Å²) in [6, 6.07) is 0. The third-order valence-electron chi connectivity index (χ3n) is 0. The molecular weight excluding hydrogens is 4680 g/mol. The van der Waals surface area contributed by atoms with Gasteiger partial charge in [0.25, 0.3) is 0 Å². The monoisotopic (exact) mass is 4710 g/mol. The van der Waals surface area contributed by atoms with E-state index in [0.717, 1.165) is 0 Å². The zero-order valence-electron chi connectivity index (χ0n) is 15.0. The van der Waals surface area contributed by atoms with Crippen LogP contribution in [-0.4, -0.2) is 0 Å². The molecule has 0 aliphatic carbocycles. The summed E-state index contributed by atoms with van der Waals surface area (Å²) in [6.07, 6.45) is 0. The molecule has 0 unspecified atom stereocenters. The van der Waals surface area contributed by atoms with Gasteiger partial charge in [-0.2, -0.15) is 0 Å². The molecule has 0 radical (unpaired) electrons. The van der Waals surface area contributed by atoms with Crippen molar-refractivity contribution >= 4 is 839 Å². The van der Waals surface area contributed by atoms with Crippen molar-refractivity contribution < 1.29 is 46.4 Å². The van der Waals surface area contributed by atoms with Gasteiger partial charge in [0.15, 0.2) is 0 Å². The largest absolute Gasteiger partial charge is 1.00 e. The van der Waals surface area contributed by atoms with Crippen molar-refractivity contribution in [3.05, 3.63) is 0 Å². The second kappa shape index (κ2) is 332. The maximum absolute atomic E-state index is 0. The molecule has 0 saturated carbocycles. The van der Waals surface area contributed by atoms with Gasteiger partial charge in [-0.15, -0.1) is 839 Å². The van der Waals surface area contributed by atoms with Gasteiger partial charge < -0.3 is 24.0 Å². The quantitative estimate of drug-likeness (QED) is 0.168. The molecule has 0 amide bonds. The number of rotatable bonds is 0. The molecule has 37 heteroatoms. The maximum Gasteiger partial charge on any atom is 1.00 e. The summed E-state index contributed by atoms with van der Waals surface area (Å²) in [5.74, 6) is 0. The van der Waals surface area contributed by atoms with Crippen LogP contribution < -0.4 is 24.0 Å². The van der Waals surface area contributed by atoms with E-state index < -0.39 is 0 Å². The van der Waals surface area contributed by atoms with Crippen LogP contribution in [0.1, 0.15) is 0 Å². The van der Waals surface area contributed by atoms with E-state index in [0.29, 0.717) is 0 Å². The molecule has 0 spiro atoms. The molecule has 0 aliphatic heterocycles. The van der Waals surface area contributed by atoms with Crippen molar-refractivity contribution in [1.29, 1.82) is 0 Å². The molecule has 0 rings (SSSR count). The van der Waals surface area contributed by atoms with Gasteiger partial charge >= 0.3 is 22.4 Å². The average Bonchev–Trinajstić information content (AvgIpc) is 0. The van der Waals surface area contributed by atoms with E-state index in [9.17, 15) is 0 Å². The summed E-state index contributed by atoms with van der Waals surface area (Å²) >= 11 is 0. The fourth-order valence-corrected chi connectivity index (χ4v) is 0. The van der Waals surface area contributed by atoms with Crippen LogP contribution in [-0.2, 0) is 22.4 Å². The first-order valence-electron chi connectivity index (χ1n) is 0. The zero-order chi connectivity index (χ0) is 0. The number of hydrogen-bond donors (Lipinski definition) is 0. The molecule has 0 aliphatic rings. The summed E-state index contributed by atoms with van der Waals surface area (Å²) < 4.78 is 0. The van der Waals surface area contributed by atoms with E-state index in [1.807, 2.05) is 0 Å². The average molecular weight is 4710 g/mol. The molecule has 0 fully saturated rings. The summed E-state index contributed by atoms with van der Waals surface area (Å²) in [5, 5.41) is 0. The fourth-order valence-electron chi connectivity index (χ4n) is 0. The van der Waals surface area contributed by atoms with Gasteiger partial charge in [-0.1, -0.05) is 0 Å². The fraction of sp³-hybridized carbons (Fsp3) is 0. The van der Waals surface area contributed by atoms with E-state index in [2.05, 4.69) is 0 Å². The first kappa shape index (κ1) is 348. The van der Waals surface area contributed by atoms with E-state index >= 15 is 0 Å². The second-order valence-electron chi connectivity index (χ2n) is 0. The Kier molecular flexibility index (Phi) is 3130. The maximum atomic E-state index is 0. The predicted octanol–water partition coefficient (Wildman–Crippen LogP) is 18.6. The molecule has 298 valence electrons. The predicted molar refractivity (Wildman–Crippen MR) is 540 cm³/mol. The minimum atomic E-state index is 0. The van der Waals surface area contributed by atoms with Crippen LogP contribution in [0.3, 0.4) is 0 Å². The van der Waals surface area contributed by atoms with Gasteiger partial charge in [0.2, 0.25) is 0 Å². The third-order valence-corrected chi connectivity index (χ3v) is 0. The SMILES string of the molecule is I.I.I.I.I.I.I.I.I.I.I.I.I.I.I.I.I.I.I.I.I.I.I.I.I.I.I.I.I.I.I.I.I.I.I.[Ag+].[I-]. The summed E-state index contributed by atoms with van der Waals surface area (Å²) in [4.78, 5) is 0. The smallest absolute Gasteiger partial charge is 1.00 e. The van der Waals surface area contributed by atoms with Gasteiger partial charge in [-0.05, 0) is 0 Å². The van der Waals surface area contributed by atoms with Gasteiger partial charge in [0.05, 0.1) is 0 Å². The molecule has 0 saturated heterocycles. The zero-order valence-corrected chi connectivity index (χ0v) is 100. The van der Waals surface area contributed by atoms with Crippen LogP contribution in [0.4, 0.5) is 0 Å². The van der Waals surface area contributed by atoms with Crippen LogP contribution >= 0.6 is 839 Å². The van der Waals surface area contributed by atoms with Crippen molar-refractivity contribution in [2.75, 3.05) is 0 Å². The van der Waals surface area contributed by atoms with E-state index in [-0.39, 0.29) is 886 Å². The minimum Gasteiger partial charge on any atom is -1.00 e. The van der Waals surface area contributed by atoms with Crippen molar-refractivity contribution in [2.24, 2.45) is 0 Å². The molecule has 0 aromatic heterocycles. The van der Waals surface area contributed by atoms with Crippen LogP contribution in [0, 0.1) is 0 Å². The first-order valence-corrected chi connectivity index (χ1v) is 0. The molecular formula is H35AgI36. The van der Waals surface area contributed by atoms with E-state index in [4.69, 9.17) is 0 Å². The van der Waals surface area contributed by atoms with Gasteiger partial charge in [-0.25, -0.2) is 0 Å². The summed E-state index contributed by atoms with van der Waals surface area (Å²) in [6.45, 7) is 0. The minimum absolute atomic E-state index is 0. The number of hydrogen-bond acceptors (Lipinski definition) is 0. The Morgan fingerprint density at radius 1 is 0.0811 bits per heavy atom. The Balaban J connectivity index is 0. The van der Waals surface area contributed by atoms with Crippen LogP contribution in [0.25, 0.3) is 0 Å². The third kappa shape index (κ3) is 321. The standard InChI is InChI=1S/Ag.36HI/h;36*1H/q+1;;;;;;;;;;;;;;;;;;;;;;;;;;;;;;;;;;;;/p-1. The first-order chi connectivity index (χ1) is 0. The van der Waals surface area contributed by atoms with E-state index in [1.165, 1.54) is 0 Å². The van der Waals surface area contributed by atoms with Gasteiger partial charge in [0.1, 0.15) is 0 Å². The number of halogens is 36. The van der Waals surface area contributed by atoms with Crippen molar-refractivity contribution in [3.8, 4) is 0 Å². The molecule has 0 atom stereocenters. The van der Waals surface area contributed by atoms with Crippen LogP contribution in [0.15, 0.2) is 0 Å². The van der Waals surface area contributed by atoms with E-state index in [1.54, 1.807) is 0 Å². The molecule has 0 bridgehead atoms. The van der Waals surface area contributed by atoms with Crippen molar-refractivity contribution in [2.45, 2.75) is 0 Å². The molecule has 0 N–H and O–H groups in total. The Morgan fingerprint density at radius 2 is 0.0811 bits per heavy atom. The van der Waals surface area contributed by atoms with Gasteiger partial charge in [0, 0.05) is 0 Å². The van der Waals surface area contributed by atoms with Crippen LogP contribution in [0.5, 0.6) is 0 Å². The molecule has 0 aromatic rings. The summed E-state index contributed by atoms with van der Waals surface area (Å²) in [7, 11) is 0. The topological polar surface area (TPSA) is 0 Å². The molecule has 0 heterocycles. The molecule has 0 nitrogen and oxygen atoms in total. The Hall–Kier alpha value is 27.0. The van der Waals surface area contributed by atoms with Crippen LogP contribution in [0.2, 0.25) is 0 Å². The normalized spacial score (nSPS) is 0. The van der Waals surface area contributed by atoms with Crippen molar-refractivity contribution in [3.63, 3.8) is 0 Å². The Labute approximate surface area is 856 Å². The molecule has 0 aromatic carbocycles. The van der Waals surface area contributed by atoms with Gasteiger partial charge in [-0.3, -0.25) is 0 Å². The Morgan fingerprint density at radius 3 is 0.0811 bits per heavy atom. The van der Waals surface area contributed by atoms with Crippen molar-refractivity contribution in [1.82, 2.24) is 0 Å². The Bertz CT molecular complexity index is 6.63.